The number of nitrogens with zero attached hydrogens (tertiary/aromatic N) is 1. The van der Waals surface area contributed by atoms with Gasteiger partial charge in [0.1, 0.15) is 5.75 Å². The third-order valence-electron chi connectivity index (χ3n) is 4.49. The minimum absolute atomic E-state index is 0.0399. The number of hydrogen-bond donors (Lipinski definition) is 1. The molecular formula is C19H23NO3S. The monoisotopic (exact) mass is 345 g/mol. The number of benzene rings is 1. The first kappa shape index (κ1) is 17.0. The van der Waals surface area contributed by atoms with Crippen LogP contribution in [0.1, 0.15) is 35.4 Å². The molecule has 24 heavy (non-hydrogen) atoms. The molecule has 1 aliphatic rings. The molecule has 1 unspecified atom stereocenters. The summed E-state index contributed by atoms with van der Waals surface area (Å²) in [6, 6.07) is 9.86. The number of aliphatic hydroxyl groups excluding tert-OH is 1. The first-order valence-electron chi connectivity index (χ1n) is 8.41. The van der Waals surface area contributed by atoms with Crippen LogP contribution in [-0.2, 0) is 17.6 Å². The second kappa shape index (κ2) is 7.81. The second-order valence-electron chi connectivity index (χ2n) is 5.97. The largest absolute Gasteiger partial charge is 0.484 e. The van der Waals surface area contributed by atoms with Crippen LogP contribution in [-0.4, -0.2) is 35.7 Å². The highest BCUT2D eigenvalue weighted by molar-refractivity contribution is 7.10. The predicted octanol–water partition coefficient (Wildman–Crippen LogP) is 3.20. The van der Waals surface area contributed by atoms with Crippen LogP contribution >= 0.6 is 11.3 Å². The van der Waals surface area contributed by atoms with E-state index in [1.807, 2.05) is 29.2 Å². The van der Waals surface area contributed by atoms with Gasteiger partial charge in [0.15, 0.2) is 6.61 Å². The molecule has 1 atom stereocenters. The number of fused-ring (bicyclic) bond motifs is 1. The number of carbonyl (C=O) groups is 1. The average molecular weight is 345 g/mol. The normalized spacial score (nSPS) is 16.8. The Morgan fingerprint density at radius 1 is 1.33 bits per heavy atom. The van der Waals surface area contributed by atoms with Gasteiger partial charge in [-0.15, -0.1) is 11.3 Å². The van der Waals surface area contributed by atoms with Crippen molar-refractivity contribution in [3.05, 3.63) is 51.7 Å². The van der Waals surface area contributed by atoms with Crippen molar-refractivity contribution in [2.24, 2.45) is 0 Å². The third kappa shape index (κ3) is 3.62. The molecule has 1 aromatic heterocycles. The number of rotatable bonds is 6. The molecule has 0 aliphatic carbocycles. The van der Waals surface area contributed by atoms with Gasteiger partial charge in [-0.2, -0.15) is 0 Å². The minimum Gasteiger partial charge on any atom is -0.484 e. The quantitative estimate of drug-likeness (QED) is 0.875. The topological polar surface area (TPSA) is 49.8 Å². The fourth-order valence-electron chi connectivity index (χ4n) is 3.24. The van der Waals surface area contributed by atoms with Gasteiger partial charge in [-0.3, -0.25) is 4.79 Å². The van der Waals surface area contributed by atoms with Crippen LogP contribution in [0.15, 0.2) is 35.7 Å². The van der Waals surface area contributed by atoms with Crippen LogP contribution in [0, 0.1) is 0 Å². The van der Waals surface area contributed by atoms with Gasteiger partial charge in [0, 0.05) is 18.0 Å². The van der Waals surface area contributed by atoms with E-state index in [1.54, 1.807) is 11.3 Å². The Hall–Kier alpha value is -1.85. The molecule has 0 radical (unpaired) electrons. The fraction of sp³-hybridized carbons (Fsp3) is 0.421. The summed E-state index contributed by atoms with van der Waals surface area (Å²) >= 11 is 1.79. The van der Waals surface area contributed by atoms with Crippen LogP contribution in [0.4, 0.5) is 0 Å². The lowest BCUT2D eigenvalue weighted by molar-refractivity contribution is -0.136. The molecular weight excluding hydrogens is 322 g/mol. The molecule has 1 N–H and O–H groups in total. The van der Waals surface area contributed by atoms with Crippen LogP contribution < -0.4 is 4.74 Å². The highest BCUT2D eigenvalue weighted by Crippen LogP contribution is 2.35. The SMILES string of the molecule is CCC1c2ccsc2CCN1C(=O)COc1ccc(CCO)cc1. The number of thiophene rings is 1. The summed E-state index contributed by atoms with van der Waals surface area (Å²) in [5.41, 5.74) is 2.36. The summed E-state index contributed by atoms with van der Waals surface area (Å²) in [7, 11) is 0. The maximum Gasteiger partial charge on any atom is 0.261 e. The van der Waals surface area contributed by atoms with Gasteiger partial charge in [-0.1, -0.05) is 19.1 Å². The van der Waals surface area contributed by atoms with E-state index >= 15 is 0 Å². The van der Waals surface area contributed by atoms with Crippen molar-refractivity contribution < 1.29 is 14.6 Å². The smallest absolute Gasteiger partial charge is 0.261 e. The van der Waals surface area contributed by atoms with E-state index in [0.29, 0.717) is 12.2 Å². The Morgan fingerprint density at radius 3 is 2.83 bits per heavy atom. The van der Waals surface area contributed by atoms with Gasteiger partial charge < -0.3 is 14.7 Å². The molecule has 0 saturated carbocycles. The zero-order chi connectivity index (χ0) is 16.9. The fourth-order valence-corrected chi connectivity index (χ4v) is 4.17. The van der Waals surface area contributed by atoms with Gasteiger partial charge in [-0.05, 0) is 54.0 Å². The molecule has 1 aromatic carbocycles. The second-order valence-corrected chi connectivity index (χ2v) is 6.97. The van der Waals surface area contributed by atoms with E-state index in [0.717, 1.165) is 24.9 Å². The highest BCUT2D eigenvalue weighted by atomic mass is 32.1. The minimum atomic E-state index is 0.0399. The molecule has 0 saturated heterocycles. The predicted molar refractivity (Wildman–Crippen MR) is 95.5 cm³/mol. The maximum absolute atomic E-state index is 12.6. The van der Waals surface area contributed by atoms with Crippen molar-refractivity contribution in [2.75, 3.05) is 19.8 Å². The number of amides is 1. The zero-order valence-corrected chi connectivity index (χ0v) is 14.7. The molecule has 1 amide bonds. The Balaban J connectivity index is 1.60. The number of ether oxygens (including phenoxy) is 1. The van der Waals surface area contributed by atoms with E-state index in [9.17, 15) is 4.79 Å². The molecule has 3 rings (SSSR count). The van der Waals surface area contributed by atoms with Gasteiger partial charge in [0.2, 0.25) is 0 Å². The number of aliphatic hydroxyl groups is 1. The molecule has 1 aliphatic heterocycles. The summed E-state index contributed by atoms with van der Waals surface area (Å²) in [6.07, 6.45) is 2.49. The van der Waals surface area contributed by atoms with Gasteiger partial charge in [0.05, 0.1) is 6.04 Å². The summed E-state index contributed by atoms with van der Waals surface area (Å²) < 4.78 is 5.67. The highest BCUT2D eigenvalue weighted by Gasteiger charge is 2.30. The van der Waals surface area contributed by atoms with Crippen molar-refractivity contribution in [3.63, 3.8) is 0 Å². The lowest BCUT2D eigenvalue weighted by Crippen LogP contribution is -2.41. The Kier molecular flexibility index (Phi) is 5.53. The lowest BCUT2D eigenvalue weighted by Gasteiger charge is -2.35. The summed E-state index contributed by atoms with van der Waals surface area (Å²) in [6.45, 7) is 3.09. The van der Waals surface area contributed by atoms with Gasteiger partial charge in [0.25, 0.3) is 5.91 Å². The number of carbonyl (C=O) groups excluding carboxylic acids is 1. The van der Waals surface area contributed by atoms with E-state index in [2.05, 4.69) is 18.4 Å². The summed E-state index contributed by atoms with van der Waals surface area (Å²) in [5.74, 6) is 0.726. The first-order chi connectivity index (χ1) is 11.7. The zero-order valence-electron chi connectivity index (χ0n) is 13.9. The molecule has 128 valence electrons. The molecule has 0 bridgehead atoms. The number of hydrogen-bond acceptors (Lipinski definition) is 4. The molecule has 0 fully saturated rings. The van der Waals surface area contributed by atoms with Crippen molar-refractivity contribution in [2.45, 2.75) is 32.2 Å². The van der Waals surface area contributed by atoms with Crippen molar-refractivity contribution in [1.82, 2.24) is 4.90 Å². The third-order valence-corrected chi connectivity index (χ3v) is 5.48. The molecule has 4 nitrogen and oxygen atoms in total. The Labute approximate surface area is 146 Å². The molecule has 2 heterocycles. The van der Waals surface area contributed by atoms with Crippen molar-refractivity contribution in [1.29, 1.82) is 0 Å². The molecule has 5 heteroatoms. The summed E-state index contributed by atoms with van der Waals surface area (Å²) in [4.78, 5) is 16.0. The van der Waals surface area contributed by atoms with Gasteiger partial charge in [-0.25, -0.2) is 0 Å². The standard InChI is InChI=1S/C19H23NO3S/c1-2-17-16-9-12-24-18(16)7-10-20(17)19(22)13-23-15-5-3-14(4-6-15)8-11-21/h3-6,9,12,17,21H,2,7-8,10-11,13H2,1H3. The maximum atomic E-state index is 12.6. The average Bonchev–Trinajstić information content (AvgIpc) is 3.09. The van der Waals surface area contributed by atoms with Gasteiger partial charge >= 0.3 is 0 Å². The van der Waals surface area contributed by atoms with Crippen molar-refractivity contribution >= 4 is 17.2 Å². The van der Waals surface area contributed by atoms with E-state index in [4.69, 9.17) is 9.84 Å². The van der Waals surface area contributed by atoms with Crippen molar-refractivity contribution in [3.8, 4) is 5.75 Å². The Bertz CT molecular complexity index is 680. The molecule has 0 spiro atoms. The van der Waals surface area contributed by atoms with E-state index < -0.39 is 0 Å². The summed E-state index contributed by atoms with van der Waals surface area (Å²) in [5, 5.41) is 11.0. The van der Waals surface area contributed by atoms with Crippen LogP contribution in [0.25, 0.3) is 0 Å². The van der Waals surface area contributed by atoms with E-state index in [1.165, 1.54) is 10.4 Å². The Morgan fingerprint density at radius 2 is 2.12 bits per heavy atom. The lowest BCUT2D eigenvalue weighted by atomic mass is 9.98. The first-order valence-corrected chi connectivity index (χ1v) is 9.29. The van der Waals surface area contributed by atoms with Crippen LogP contribution in [0.3, 0.4) is 0 Å². The van der Waals surface area contributed by atoms with E-state index in [-0.39, 0.29) is 25.2 Å². The van der Waals surface area contributed by atoms with Crippen LogP contribution in [0.2, 0.25) is 0 Å². The van der Waals surface area contributed by atoms with Crippen LogP contribution in [0.5, 0.6) is 5.75 Å². The molecule has 2 aromatic rings.